The molecule has 0 aliphatic rings. The molecule has 0 radical (unpaired) electrons. The van der Waals surface area contributed by atoms with Crippen LogP contribution in [0.2, 0.25) is 0 Å². The lowest BCUT2D eigenvalue weighted by Crippen LogP contribution is -2.30. The number of halogens is 3. The second-order valence-electron chi connectivity index (χ2n) is 4.40. The average molecular weight is 353 g/mol. The van der Waals surface area contributed by atoms with Gasteiger partial charge in [-0.05, 0) is 19.2 Å². The van der Waals surface area contributed by atoms with E-state index in [1.807, 2.05) is 0 Å². The first kappa shape index (κ1) is 21.7. The molecule has 0 aliphatic heterocycles. The van der Waals surface area contributed by atoms with Gasteiger partial charge in [0.1, 0.15) is 5.75 Å². The third kappa shape index (κ3) is 9.66. The number of aliphatic carboxylic acids is 2. The van der Waals surface area contributed by atoms with E-state index in [-0.39, 0.29) is 13.1 Å². The van der Waals surface area contributed by atoms with Gasteiger partial charge in [-0.15, -0.1) is 0 Å². The number of alkyl halides is 3. The van der Waals surface area contributed by atoms with Crippen LogP contribution in [0.1, 0.15) is 5.56 Å². The molecule has 24 heavy (non-hydrogen) atoms. The predicted octanol–water partition coefficient (Wildman–Crippen LogP) is 0.141. The second-order valence-corrected chi connectivity index (χ2v) is 4.40. The Morgan fingerprint density at radius 1 is 1.12 bits per heavy atom. The summed E-state index contributed by atoms with van der Waals surface area (Å²) >= 11 is 0. The van der Waals surface area contributed by atoms with Gasteiger partial charge >= 0.3 is 25.4 Å². The lowest BCUT2D eigenvalue weighted by molar-refractivity contribution is -0.141. The average Bonchev–Trinajstić information content (AvgIpc) is 2.35. The molecule has 134 valence electrons. The zero-order chi connectivity index (χ0) is 18.9. The van der Waals surface area contributed by atoms with Crippen molar-refractivity contribution in [2.45, 2.75) is 6.18 Å². The maximum Gasteiger partial charge on any atom is 0.707 e. The van der Waals surface area contributed by atoms with Crippen molar-refractivity contribution in [3.63, 3.8) is 0 Å². The molecule has 0 aliphatic carbocycles. The van der Waals surface area contributed by atoms with Crippen molar-refractivity contribution in [2.24, 2.45) is 0 Å². The van der Waals surface area contributed by atoms with E-state index in [9.17, 15) is 22.8 Å². The molecule has 12 heteroatoms. The number of nitrogens with zero attached hydrogens (tertiary/aromatic N) is 1. The highest BCUT2D eigenvalue weighted by atomic mass is 19.4. The van der Waals surface area contributed by atoms with E-state index in [4.69, 9.17) is 20.3 Å². The van der Waals surface area contributed by atoms with Crippen molar-refractivity contribution in [1.29, 1.82) is 0 Å². The molecule has 0 saturated carbocycles. The summed E-state index contributed by atoms with van der Waals surface area (Å²) in [7, 11) is -0.833. The summed E-state index contributed by atoms with van der Waals surface area (Å²) < 4.78 is 40.9. The number of para-hydroxylation sites is 1. The summed E-state index contributed by atoms with van der Waals surface area (Å²) in [4.78, 5) is 21.1. The third-order valence-electron chi connectivity index (χ3n) is 2.24. The van der Waals surface area contributed by atoms with Gasteiger partial charge in [-0.3, -0.25) is 14.5 Å². The Morgan fingerprint density at radius 3 is 1.96 bits per heavy atom. The first-order valence-electron chi connectivity index (χ1n) is 6.24. The van der Waals surface area contributed by atoms with Crippen LogP contribution in [0.25, 0.3) is 0 Å². The van der Waals surface area contributed by atoms with Crippen LogP contribution in [-0.2, 0) is 15.8 Å². The van der Waals surface area contributed by atoms with Crippen molar-refractivity contribution in [3.05, 3.63) is 29.8 Å². The minimum Gasteiger partial charge on any atom is -0.511 e. The molecule has 4 N–H and O–H groups in total. The molecular weight excluding hydrogens is 338 g/mol. The van der Waals surface area contributed by atoms with Gasteiger partial charge in [-0.2, -0.15) is 13.2 Å². The monoisotopic (exact) mass is 353 g/mol. The topological polar surface area (TPSA) is 128 Å². The van der Waals surface area contributed by atoms with Gasteiger partial charge in [0.05, 0.1) is 18.7 Å². The maximum absolute atomic E-state index is 12.3. The second kappa shape index (κ2) is 9.75. The Labute approximate surface area is 134 Å². The molecule has 0 spiro atoms. The number of likely N-dealkylation sites (N-methyl/N-ethyl adjacent to an activating group) is 1. The van der Waals surface area contributed by atoms with E-state index in [1.54, 1.807) is 0 Å². The molecule has 0 atom stereocenters. The van der Waals surface area contributed by atoms with Gasteiger partial charge in [-0.25, -0.2) is 0 Å². The Kier molecular flexibility index (Phi) is 8.81. The van der Waals surface area contributed by atoms with E-state index in [0.717, 1.165) is 12.1 Å². The summed E-state index contributed by atoms with van der Waals surface area (Å²) in [5.41, 5.74) is -1.05. The fourth-order valence-electron chi connectivity index (χ4n) is 1.43. The largest absolute Gasteiger partial charge is 0.707 e. The molecule has 1 rings (SSSR count). The van der Waals surface area contributed by atoms with E-state index < -0.39 is 36.7 Å². The first-order valence-corrected chi connectivity index (χ1v) is 6.24. The van der Waals surface area contributed by atoms with Gasteiger partial charge < -0.3 is 24.9 Å². The number of benzene rings is 1. The van der Waals surface area contributed by atoms with Crippen LogP contribution in [0.15, 0.2) is 24.3 Å². The van der Waals surface area contributed by atoms with Crippen molar-refractivity contribution in [3.8, 4) is 5.75 Å². The number of carboxylic acids is 2. The zero-order valence-corrected chi connectivity index (χ0v) is 12.4. The highest BCUT2D eigenvalue weighted by molar-refractivity contribution is 6.33. The molecule has 0 bridgehead atoms. The van der Waals surface area contributed by atoms with Gasteiger partial charge in [0.15, 0.2) is 0 Å². The van der Waals surface area contributed by atoms with Crippen LogP contribution in [0.3, 0.4) is 0 Å². The third-order valence-corrected chi connectivity index (χ3v) is 2.24. The minimum atomic E-state index is -4.58. The quantitative estimate of drug-likeness (QED) is 0.532. The van der Waals surface area contributed by atoms with Crippen LogP contribution in [0.5, 0.6) is 5.75 Å². The van der Waals surface area contributed by atoms with Crippen molar-refractivity contribution in [1.82, 2.24) is 4.90 Å². The molecule has 0 saturated heterocycles. The standard InChI is InChI=1S/C7H6BF3O3.C5H9NO4/c9-7(10,11)5-3-1-2-4-6(5)14-8(12)13;1-6(2-4(7)8)3-5(9)10/h1-4,12-13H;2-3H2,1H3,(H,7,8)(H,9,10). The van der Waals surface area contributed by atoms with E-state index in [2.05, 4.69) is 4.65 Å². The Morgan fingerprint density at radius 2 is 1.58 bits per heavy atom. The molecule has 0 amide bonds. The van der Waals surface area contributed by atoms with Crippen molar-refractivity contribution < 1.29 is 47.7 Å². The summed E-state index contributed by atoms with van der Waals surface area (Å²) in [6.07, 6.45) is -4.58. The normalized spacial score (nSPS) is 10.6. The number of hydrogen-bond acceptors (Lipinski definition) is 6. The molecule has 0 aromatic heterocycles. The highest BCUT2D eigenvalue weighted by Crippen LogP contribution is 2.35. The minimum absolute atomic E-state index is 0.244. The Balaban J connectivity index is 0.000000470. The lowest BCUT2D eigenvalue weighted by Gasteiger charge is -2.12. The fraction of sp³-hybridized carbons (Fsp3) is 0.333. The first-order chi connectivity index (χ1) is 10.9. The van der Waals surface area contributed by atoms with Gasteiger partial charge in [0.2, 0.25) is 0 Å². The van der Waals surface area contributed by atoms with E-state index in [1.165, 1.54) is 24.1 Å². The SMILES string of the molecule is CN(CC(=O)O)CC(=O)O.OB(O)Oc1ccccc1C(F)(F)F. The van der Waals surface area contributed by atoms with Gasteiger partial charge in [0.25, 0.3) is 0 Å². The Bertz CT molecular complexity index is 538. The molecule has 0 fully saturated rings. The van der Waals surface area contributed by atoms with Gasteiger partial charge in [0, 0.05) is 0 Å². The smallest absolute Gasteiger partial charge is 0.511 e. The van der Waals surface area contributed by atoms with E-state index in [0.29, 0.717) is 0 Å². The van der Waals surface area contributed by atoms with Crippen molar-refractivity contribution in [2.75, 3.05) is 20.1 Å². The van der Waals surface area contributed by atoms with Crippen LogP contribution < -0.4 is 4.65 Å². The van der Waals surface area contributed by atoms with Crippen molar-refractivity contribution >= 4 is 19.3 Å². The molecule has 1 aromatic rings. The Hall–Kier alpha value is -2.31. The van der Waals surface area contributed by atoms with Crippen LogP contribution in [0.4, 0.5) is 13.2 Å². The van der Waals surface area contributed by atoms with Gasteiger partial charge in [-0.1, -0.05) is 12.1 Å². The number of rotatable bonds is 6. The molecule has 0 heterocycles. The van der Waals surface area contributed by atoms with Crippen LogP contribution in [0, 0.1) is 0 Å². The molecule has 1 aromatic carbocycles. The van der Waals surface area contributed by atoms with E-state index >= 15 is 0 Å². The number of hydrogen-bond donors (Lipinski definition) is 4. The molecule has 8 nitrogen and oxygen atoms in total. The zero-order valence-electron chi connectivity index (χ0n) is 12.4. The number of carbonyl (C=O) groups is 2. The summed E-state index contributed by atoms with van der Waals surface area (Å²) in [6, 6.07) is 4.27. The van der Waals surface area contributed by atoms with Crippen LogP contribution >= 0.6 is 0 Å². The predicted molar refractivity (Wildman–Crippen MR) is 75.0 cm³/mol. The summed E-state index contributed by atoms with van der Waals surface area (Å²) in [6.45, 7) is -0.488. The fourth-order valence-corrected chi connectivity index (χ4v) is 1.43. The maximum atomic E-state index is 12.3. The lowest BCUT2D eigenvalue weighted by atomic mass is 10.1. The van der Waals surface area contributed by atoms with Crippen LogP contribution in [-0.4, -0.2) is 64.6 Å². The summed E-state index contributed by atoms with van der Waals surface area (Å²) in [5, 5.41) is 33.0. The molecular formula is C12H15BF3NO7. The highest BCUT2D eigenvalue weighted by Gasteiger charge is 2.34. The number of carboxylic acid groups (broad SMARTS) is 2. The molecule has 0 unspecified atom stereocenters. The summed E-state index contributed by atoms with van der Waals surface area (Å²) in [5.74, 6) is -2.66.